The fourth-order valence-electron chi connectivity index (χ4n) is 2.91. The zero-order valence-electron chi connectivity index (χ0n) is 13.8. The summed E-state index contributed by atoms with van der Waals surface area (Å²) in [6, 6.07) is 0.109. The quantitative estimate of drug-likeness (QED) is 0.825. The van der Waals surface area contributed by atoms with E-state index >= 15 is 0 Å². The van der Waals surface area contributed by atoms with Gasteiger partial charge in [-0.3, -0.25) is 9.59 Å². The molecule has 128 valence electrons. The second-order valence-corrected chi connectivity index (χ2v) is 6.22. The Bertz CT molecular complexity index is 543. The minimum absolute atomic E-state index is 0.0109. The van der Waals surface area contributed by atoms with Crippen molar-refractivity contribution in [2.24, 2.45) is 5.92 Å². The van der Waals surface area contributed by atoms with Crippen LogP contribution in [0.4, 0.5) is 0 Å². The molecule has 1 N–H and O–H groups in total. The first-order valence-corrected chi connectivity index (χ1v) is 8.35. The predicted octanol–water partition coefficient (Wildman–Crippen LogP) is 2.06. The van der Waals surface area contributed by atoms with E-state index in [1.807, 2.05) is 6.92 Å². The highest BCUT2D eigenvalue weighted by atomic mass is 16.5. The Kier molecular flexibility index (Phi) is 6.12. The number of likely N-dealkylation sites (tertiary alicyclic amines) is 1. The second-order valence-electron chi connectivity index (χ2n) is 6.22. The molecule has 7 nitrogen and oxygen atoms in total. The van der Waals surface area contributed by atoms with E-state index in [0.29, 0.717) is 43.9 Å². The van der Waals surface area contributed by atoms with Gasteiger partial charge in [0.15, 0.2) is 5.82 Å². The van der Waals surface area contributed by atoms with Crippen LogP contribution in [0, 0.1) is 5.92 Å². The highest BCUT2D eigenvalue weighted by Crippen LogP contribution is 2.23. The molecule has 23 heavy (non-hydrogen) atoms. The lowest BCUT2D eigenvalue weighted by atomic mass is 9.93. The lowest BCUT2D eigenvalue weighted by molar-refractivity contribution is -0.147. The van der Waals surface area contributed by atoms with Crippen LogP contribution in [0.2, 0.25) is 0 Å². The number of carbonyl (C=O) groups excluding carboxylic acids is 1. The van der Waals surface area contributed by atoms with Crippen LogP contribution in [-0.4, -0.2) is 44.6 Å². The Labute approximate surface area is 136 Å². The Morgan fingerprint density at radius 2 is 2.13 bits per heavy atom. The van der Waals surface area contributed by atoms with Gasteiger partial charge in [-0.2, -0.15) is 4.98 Å². The number of aromatic nitrogens is 2. The lowest BCUT2D eigenvalue weighted by Crippen LogP contribution is -2.47. The van der Waals surface area contributed by atoms with Gasteiger partial charge in [0.25, 0.3) is 0 Å². The fourth-order valence-corrected chi connectivity index (χ4v) is 2.91. The molecule has 1 aliphatic heterocycles. The van der Waals surface area contributed by atoms with Gasteiger partial charge in [-0.05, 0) is 32.6 Å². The van der Waals surface area contributed by atoms with Crippen LogP contribution in [-0.2, 0) is 22.4 Å². The standard InChI is InChI=1S/C16H25N3O4/c1-3-5-13-17-14(23-18-13)6-4-7-15(20)19-10-12(16(21)22)9-8-11(19)2/h11-12H,3-10H2,1-2H3,(H,21,22). The number of amides is 1. The number of rotatable bonds is 7. The Morgan fingerprint density at radius 1 is 1.35 bits per heavy atom. The molecule has 0 bridgehead atoms. The van der Waals surface area contributed by atoms with Crippen molar-refractivity contribution in [3.8, 4) is 0 Å². The number of carboxylic acids is 1. The minimum atomic E-state index is -0.816. The molecule has 2 heterocycles. The van der Waals surface area contributed by atoms with Gasteiger partial charge in [0.1, 0.15) is 0 Å². The van der Waals surface area contributed by atoms with Gasteiger partial charge in [0.2, 0.25) is 11.8 Å². The minimum Gasteiger partial charge on any atom is -0.481 e. The van der Waals surface area contributed by atoms with Crippen LogP contribution in [0.3, 0.4) is 0 Å². The van der Waals surface area contributed by atoms with Crippen molar-refractivity contribution in [2.45, 2.75) is 64.8 Å². The first-order valence-electron chi connectivity index (χ1n) is 8.35. The molecule has 0 aromatic carbocycles. The van der Waals surface area contributed by atoms with Crippen LogP contribution < -0.4 is 0 Å². The topological polar surface area (TPSA) is 96.5 Å². The molecule has 1 aromatic heterocycles. The maximum absolute atomic E-state index is 12.3. The number of carbonyl (C=O) groups is 2. The first-order chi connectivity index (χ1) is 11.0. The van der Waals surface area contributed by atoms with E-state index in [2.05, 4.69) is 17.1 Å². The van der Waals surface area contributed by atoms with Crippen LogP contribution in [0.5, 0.6) is 0 Å². The van der Waals surface area contributed by atoms with Gasteiger partial charge in [-0.25, -0.2) is 0 Å². The first kappa shape index (κ1) is 17.4. The Balaban J connectivity index is 1.79. The molecule has 2 atom stereocenters. The van der Waals surface area contributed by atoms with E-state index in [1.54, 1.807) is 4.90 Å². The van der Waals surface area contributed by atoms with Crippen molar-refractivity contribution in [3.05, 3.63) is 11.7 Å². The molecule has 0 radical (unpaired) electrons. The van der Waals surface area contributed by atoms with E-state index in [9.17, 15) is 9.59 Å². The highest BCUT2D eigenvalue weighted by Gasteiger charge is 2.32. The summed E-state index contributed by atoms with van der Waals surface area (Å²) in [5.41, 5.74) is 0. The molecule has 7 heteroatoms. The summed E-state index contributed by atoms with van der Waals surface area (Å²) in [4.78, 5) is 29.4. The summed E-state index contributed by atoms with van der Waals surface area (Å²) >= 11 is 0. The van der Waals surface area contributed by atoms with Crippen molar-refractivity contribution in [3.63, 3.8) is 0 Å². The van der Waals surface area contributed by atoms with Gasteiger partial charge < -0.3 is 14.5 Å². The van der Waals surface area contributed by atoms with E-state index < -0.39 is 11.9 Å². The third kappa shape index (κ3) is 4.77. The maximum Gasteiger partial charge on any atom is 0.308 e. The molecule has 1 aromatic rings. The van der Waals surface area contributed by atoms with Gasteiger partial charge in [0.05, 0.1) is 5.92 Å². The highest BCUT2D eigenvalue weighted by molar-refractivity contribution is 5.78. The largest absolute Gasteiger partial charge is 0.481 e. The Hall–Kier alpha value is -1.92. The summed E-state index contributed by atoms with van der Waals surface area (Å²) in [5.74, 6) is 0.0302. The summed E-state index contributed by atoms with van der Waals surface area (Å²) in [5, 5.41) is 13.0. The number of hydrogen-bond donors (Lipinski definition) is 1. The zero-order chi connectivity index (χ0) is 16.8. The van der Waals surface area contributed by atoms with E-state index in [0.717, 1.165) is 19.3 Å². The monoisotopic (exact) mass is 323 g/mol. The maximum atomic E-state index is 12.3. The average molecular weight is 323 g/mol. The van der Waals surface area contributed by atoms with E-state index in [-0.39, 0.29) is 11.9 Å². The van der Waals surface area contributed by atoms with Gasteiger partial charge in [-0.15, -0.1) is 0 Å². The molecule has 0 aliphatic carbocycles. The third-order valence-corrected chi connectivity index (χ3v) is 4.32. The molecule has 1 saturated heterocycles. The third-order valence-electron chi connectivity index (χ3n) is 4.32. The molecule has 2 rings (SSSR count). The summed E-state index contributed by atoms with van der Waals surface area (Å²) in [6.45, 7) is 4.35. The summed E-state index contributed by atoms with van der Waals surface area (Å²) in [6.07, 6.45) is 4.73. The molecule has 1 fully saturated rings. The number of hydrogen-bond acceptors (Lipinski definition) is 5. The second kappa shape index (κ2) is 8.08. The van der Waals surface area contributed by atoms with Crippen molar-refractivity contribution in [1.82, 2.24) is 15.0 Å². The average Bonchev–Trinajstić information content (AvgIpc) is 2.95. The van der Waals surface area contributed by atoms with Crippen LogP contribution in [0.25, 0.3) is 0 Å². The number of carboxylic acid groups (broad SMARTS) is 1. The van der Waals surface area contributed by atoms with Crippen LogP contribution in [0.1, 0.15) is 57.7 Å². The van der Waals surface area contributed by atoms with Crippen molar-refractivity contribution in [1.29, 1.82) is 0 Å². The molecule has 1 amide bonds. The SMILES string of the molecule is CCCc1noc(CCCC(=O)N2CC(C(=O)O)CCC2C)n1. The van der Waals surface area contributed by atoms with Crippen molar-refractivity contribution in [2.75, 3.05) is 6.54 Å². The smallest absolute Gasteiger partial charge is 0.308 e. The fraction of sp³-hybridized carbons (Fsp3) is 0.750. The number of piperidine rings is 1. The molecular weight excluding hydrogens is 298 g/mol. The lowest BCUT2D eigenvalue weighted by Gasteiger charge is -2.36. The van der Waals surface area contributed by atoms with Gasteiger partial charge in [0, 0.05) is 31.8 Å². The van der Waals surface area contributed by atoms with Crippen molar-refractivity contribution < 1.29 is 19.2 Å². The van der Waals surface area contributed by atoms with Crippen LogP contribution in [0.15, 0.2) is 4.52 Å². The molecule has 2 unspecified atom stereocenters. The number of aliphatic carboxylic acids is 1. The normalized spacial score (nSPS) is 21.4. The molecule has 0 spiro atoms. The summed E-state index contributed by atoms with van der Waals surface area (Å²) < 4.78 is 5.15. The predicted molar refractivity (Wildman–Crippen MR) is 82.8 cm³/mol. The molecule has 1 aliphatic rings. The van der Waals surface area contributed by atoms with Gasteiger partial charge >= 0.3 is 5.97 Å². The Morgan fingerprint density at radius 3 is 2.83 bits per heavy atom. The molecule has 0 saturated carbocycles. The van der Waals surface area contributed by atoms with Crippen LogP contribution >= 0.6 is 0 Å². The van der Waals surface area contributed by atoms with E-state index in [4.69, 9.17) is 9.63 Å². The number of aryl methyl sites for hydroxylation is 2. The van der Waals surface area contributed by atoms with Crippen molar-refractivity contribution >= 4 is 11.9 Å². The van der Waals surface area contributed by atoms with E-state index in [1.165, 1.54) is 0 Å². The molecular formula is C16H25N3O4. The number of nitrogens with zero attached hydrogens (tertiary/aromatic N) is 3. The zero-order valence-corrected chi connectivity index (χ0v) is 13.8. The van der Waals surface area contributed by atoms with Gasteiger partial charge in [-0.1, -0.05) is 12.1 Å². The summed E-state index contributed by atoms with van der Waals surface area (Å²) in [7, 11) is 0.